The van der Waals surface area contributed by atoms with Gasteiger partial charge in [0.25, 0.3) is 5.91 Å². The maximum Gasteiger partial charge on any atom is 0.257 e. The van der Waals surface area contributed by atoms with E-state index in [9.17, 15) is 4.79 Å². The Morgan fingerprint density at radius 1 is 1.07 bits per heavy atom. The molecule has 0 aliphatic rings. The van der Waals surface area contributed by atoms with Gasteiger partial charge >= 0.3 is 0 Å². The number of pyridine rings is 1. The van der Waals surface area contributed by atoms with Crippen molar-refractivity contribution in [2.24, 2.45) is 7.05 Å². The van der Waals surface area contributed by atoms with Gasteiger partial charge in [-0.05, 0) is 36.8 Å². The van der Waals surface area contributed by atoms with Crippen molar-refractivity contribution in [2.45, 2.75) is 6.92 Å². The van der Waals surface area contributed by atoms with Crippen LogP contribution in [-0.4, -0.2) is 34.9 Å². The number of methoxy groups -OCH3 is 2. The molecule has 2 heterocycles. The smallest absolute Gasteiger partial charge is 0.257 e. The molecule has 1 amide bonds. The zero-order valence-electron chi connectivity index (χ0n) is 16.1. The summed E-state index contributed by atoms with van der Waals surface area (Å²) in [5.74, 6) is 1.23. The fourth-order valence-corrected chi connectivity index (χ4v) is 3.26. The van der Waals surface area contributed by atoms with Crippen LogP contribution in [0.2, 0.25) is 0 Å². The van der Waals surface area contributed by atoms with Gasteiger partial charge in [0.1, 0.15) is 0 Å². The van der Waals surface area contributed by atoms with E-state index in [1.807, 2.05) is 38.2 Å². The minimum atomic E-state index is -0.287. The summed E-state index contributed by atoms with van der Waals surface area (Å²) in [6, 6.07) is 13.0. The molecule has 0 spiro atoms. The Kier molecular flexibility index (Phi) is 4.35. The molecule has 0 radical (unpaired) electrons. The SMILES string of the molecule is COc1ccc(C(=O)Nc2nn(C)c3nc4c(C)cccc4cc23)cc1OC. The quantitative estimate of drug-likeness (QED) is 0.588. The molecule has 1 N–H and O–H groups in total. The van der Waals surface area contributed by atoms with Crippen LogP contribution in [-0.2, 0) is 7.05 Å². The van der Waals surface area contributed by atoms with Crippen LogP contribution in [0.25, 0.3) is 21.9 Å². The molecule has 2 aromatic heterocycles. The Balaban J connectivity index is 1.74. The predicted molar refractivity (Wildman–Crippen MR) is 108 cm³/mol. The lowest BCUT2D eigenvalue weighted by Crippen LogP contribution is -2.13. The number of ether oxygens (including phenoxy) is 2. The van der Waals surface area contributed by atoms with Gasteiger partial charge in [0, 0.05) is 18.0 Å². The number of rotatable bonds is 4. The van der Waals surface area contributed by atoms with Crippen LogP contribution in [0.15, 0.2) is 42.5 Å². The Morgan fingerprint density at radius 3 is 2.61 bits per heavy atom. The molecule has 4 aromatic rings. The number of benzene rings is 2. The number of anilines is 1. The molecule has 0 fully saturated rings. The van der Waals surface area contributed by atoms with Gasteiger partial charge in [-0.25, -0.2) is 9.67 Å². The van der Waals surface area contributed by atoms with Crippen molar-refractivity contribution in [3.63, 3.8) is 0 Å². The first kappa shape index (κ1) is 17.8. The zero-order valence-corrected chi connectivity index (χ0v) is 16.1. The molecule has 7 nitrogen and oxygen atoms in total. The molecule has 0 saturated carbocycles. The number of hydrogen-bond donors (Lipinski definition) is 1. The van der Waals surface area contributed by atoms with Crippen LogP contribution in [0.3, 0.4) is 0 Å². The van der Waals surface area contributed by atoms with Gasteiger partial charge in [0.05, 0.1) is 25.1 Å². The minimum Gasteiger partial charge on any atom is -0.493 e. The molecule has 142 valence electrons. The monoisotopic (exact) mass is 376 g/mol. The zero-order chi connectivity index (χ0) is 19.8. The first-order chi connectivity index (χ1) is 13.5. The highest BCUT2D eigenvalue weighted by Crippen LogP contribution is 2.29. The van der Waals surface area contributed by atoms with Gasteiger partial charge in [0.15, 0.2) is 23.0 Å². The van der Waals surface area contributed by atoms with E-state index in [0.717, 1.165) is 21.9 Å². The van der Waals surface area contributed by atoms with Gasteiger partial charge in [-0.2, -0.15) is 5.10 Å². The van der Waals surface area contributed by atoms with E-state index in [-0.39, 0.29) is 5.91 Å². The van der Waals surface area contributed by atoms with E-state index in [1.54, 1.807) is 30.0 Å². The molecule has 0 bridgehead atoms. The topological polar surface area (TPSA) is 78.3 Å². The number of para-hydroxylation sites is 1. The molecular formula is C21H20N4O3. The van der Waals surface area contributed by atoms with E-state index in [2.05, 4.69) is 10.4 Å². The number of nitrogens with zero attached hydrogens (tertiary/aromatic N) is 3. The van der Waals surface area contributed by atoms with Gasteiger partial charge in [-0.3, -0.25) is 4.79 Å². The number of amides is 1. The predicted octanol–water partition coefficient (Wildman–Crippen LogP) is 3.70. The second-order valence-corrected chi connectivity index (χ2v) is 6.50. The molecule has 0 aliphatic heterocycles. The van der Waals surface area contributed by atoms with E-state index >= 15 is 0 Å². The molecule has 0 saturated heterocycles. The maximum atomic E-state index is 12.8. The van der Waals surface area contributed by atoms with Crippen molar-refractivity contribution in [3.05, 3.63) is 53.6 Å². The lowest BCUT2D eigenvalue weighted by atomic mass is 10.1. The highest BCUT2D eigenvalue weighted by Gasteiger charge is 2.17. The van der Waals surface area contributed by atoms with Crippen LogP contribution in [0.5, 0.6) is 11.5 Å². The van der Waals surface area contributed by atoms with Crippen molar-refractivity contribution in [3.8, 4) is 11.5 Å². The number of hydrogen-bond acceptors (Lipinski definition) is 5. The molecular weight excluding hydrogens is 356 g/mol. The first-order valence-electron chi connectivity index (χ1n) is 8.78. The molecule has 4 rings (SSSR count). The van der Waals surface area contributed by atoms with Gasteiger partial charge in [0.2, 0.25) is 0 Å². The van der Waals surface area contributed by atoms with E-state index in [0.29, 0.717) is 28.5 Å². The number of aromatic nitrogens is 3. The van der Waals surface area contributed by atoms with Crippen LogP contribution in [0.4, 0.5) is 5.82 Å². The molecule has 0 aliphatic carbocycles. The highest BCUT2D eigenvalue weighted by atomic mass is 16.5. The Labute approximate surface area is 161 Å². The normalized spacial score (nSPS) is 11.0. The minimum absolute atomic E-state index is 0.287. The average molecular weight is 376 g/mol. The third-order valence-corrected chi connectivity index (χ3v) is 4.72. The maximum absolute atomic E-state index is 12.8. The highest BCUT2D eigenvalue weighted by molar-refractivity contribution is 6.09. The van der Waals surface area contributed by atoms with Crippen LogP contribution in [0, 0.1) is 6.92 Å². The summed E-state index contributed by atoms with van der Waals surface area (Å²) < 4.78 is 12.2. The molecule has 2 aromatic carbocycles. The summed E-state index contributed by atoms with van der Waals surface area (Å²) in [7, 11) is 4.90. The third-order valence-electron chi connectivity index (χ3n) is 4.72. The lowest BCUT2D eigenvalue weighted by molar-refractivity contribution is 0.102. The average Bonchev–Trinajstić information content (AvgIpc) is 3.01. The number of carbonyl (C=O) groups excluding carboxylic acids is 1. The number of aryl methyl sites for hydroxylation is 2. The van der Waals surface area contributed by atoms with Crippen LogP contribution < -0.4 is 14.8 Å². The van der Waals surface area contributed by atoms with E-state index in [4.69, 9.17) is 14.5 Å². The first-order valence-corrected chi connectivity index (χ1v) is 8.78. The summed E-state index contributed by atoms with van der Waals surface area (Å²) in [6.07, 6.45) is 0. The largest absolute Gasteiger partial charge is 0.493 e. The molecule has 7 heteroatoms. The Bertz CT molecular complexity index is 1210. The third kappa shape index (κ3) is 2.90. The van der Waals surface area contributed by atoms with Crippen molar-refractivity contribution in [2.75, 3.05) is 19.5 Å². The summed E-state index contributed by atoms with van der Waals surface area (Å²) in [6.45, 7) is 2.03. The summed E-state index contributed by atoms with van der Waals surface area (Å²) in [4.78, 5) is 17.5. The van der Waals surface area contributed by atoms with Crippen molar-refractivity contribution < 1.29 is 14.3 Å². The second-order valence-electron chi connectivity index (χ2n) is 6.50. The van der Waals surface area contributed by atoms with Gasteiger partial charge in [-0.15, -0.1) is 0 Å². The van der Waals surface area contributed by atoms with Crippen LogP contribution in [0.1, 0.15) is 15.9 Å². The molecule has 28 heavy (non-hydrogen) atoms. The fraction of sp³-hybridized carbons (Fsp3) is 0.190. The molecule has 0 unspecified atom stereocenters. The Hall–Kier alpha value is -3.61. The van der Waals surface area contributed by atoms with E-state index in [1.165, 1.54) is 7.11 Å². The summed E-state index contributed by atoms with van der Waals surface area (Å²) in [5.41, 5.74) is 3.18. The fourth-order valence-electron chi connectivity index (χ4n) is 3.26. The molecule has 0 atom stereocenters. The van der Waals surface area contributed by atoms with Crippen molar-refractivity contribution >= 4 is 33.7 Å². The number of carbonyl (C=O) groups is 1. The Morgan fingerprint density at radius 2 is 1.86 bits per heavy atom. The van der Waals surface area contributed by atoms with Crippen molar-refractivity contribution in [1.82, 2.24) is 14.8 Å². The number of nitrogens with one attached hydrogen (secondary N) is 1. The van der Waals surface area contributed by atoms with Gasteiger partial charge in [-0.1, -0.05) is 18.2 Å². The van der Waals surface area contributed by atoms with Crippen molar-refractivity contribution in [1.29, 1.82) is 0 Å². The lowest BCUT2D eigenvalue weighted by Gasteiger charge is -2.09. The number of fused-ring (bicyclic) bond motifs is 2. The second kappa shape index (κ2) is 6.84. The van der Waals surface area contributed by atoms with Gasteiger partial charge < -0.3 is 14.8 Å². The summed E-state index contributed by atoms with van der Waals surface area (Å²) in [5, 5.41) is 9.12. The van der Waals surface area contributed by atoms with E-state index < -0.39 is 0 Å². The summed E-state index contributed by atoms with van der Waals surface area (Å²) >= 11 is 0. The van der Waals surface area contributed by atoms with Crippen LogP contribution >= 0.6 is 0 Å². The standard InChI is InChI=1S/C21H20N4O3/c1-12-6-5-7-13-10-15-19(24-25(2)20(15)22-18(12)13)23-21(26)14-8-9-16(27-3)17(11-14)28-4/h5-11H,1-4H3,(H,23,24,26).